The number of hydrogen-bond acceptors (Lipinski definition) is 5. The summed E-state index contributed by atoms with van der Waals surface area (Å²) in [6.07, 6.45) is 0. The molecule has 28 heavy (non-hydrogen) atoms. The Morgan fingerprint density at radius 1 is 0.857 bits per heavy atom. The number of para-hydroxylation sites is 2. The van der Waals surface area contributed by atoms with Gasteiger partial charge in [-0.3, -0.25) is 15.6 Å². The molecule has 0 aliphatic heterocycles. The van der Waals surface area contributed by atoms with Crippen LogP contribution in [0.4, 0.5) is 16.2 Å². The van der Waals surface area contributed by atoms with Crippen molar-refractivity contribution >= 4 is 34.4 Å². The van der Waals surface area contributed by atoms with Crippen molar-refractivity contribution in [2.75, 3.05) is 11.8 Å². The van der Waals surface area contributed by atoms with Gasteiger partial charge >= 0.3 is 5.24 Å². The summed E-state index contributed by atoms with van der Waals surface area (Å²) < 4.78 is 8.18. The fourth-order valence-corrected chi connectivity index (χ4v) is 2.74. The Bertz CT molecular complexity index is 916. The van der Waals surface area contributed by atoms with E-state index in [0.29, 0.717) is 5.84 Å². The lowest BCUT2D eigenvalue weighted by atomic mass is 10.2. The number of anilines is 1. The van der Waals surface area contributed by atoms with E-state index in [9.17, 15) is 4.79 Å². The van der Waals surface area contributed by atoms with Crippen molar-refractivity contribution < 1.29 is 9.53 Å². The first-order valence-corrected chi connectivity index (χ1v) is 9.38. The van der Waals surface area contributed by atoms with Gasteiger partial charge in [-0.2, -0.15) is 0 Å². The molecule has 0 bridgehead atoms. The van der Waals surface area contributed by atoms with E-state index in [2.05, 4.69) is 20.6 Å². The molecule has 0 aromatic heterocycles. The monoisotopic (exact) mass is 392 g/mol. The van der Waals surface area contributed by atoms with Crippen LogP contribution in [0.3, 0.4) is 0 Å². The molecule has 3 aromatic carbocycles. The minimum absolute atomic E-state index is 0.293. The molecule has 3 aromatic rings. The Morgan fingerprint density at radius 3 is 2.14 bits per heavy atom. The van der Waals surface area contributed by atoms with E-state index >= 15 is 0 Å². The Kier molecular flexibility index (Phi) is 6.92. The first kappa shape index (κ1) is 19.3. The minimum atomic E-state index is -0.293. The first-order chi connectivity index (χ1) is 13.7. The smallest absolute Gasteiger partial charge is 0.317 e. The number of hydrazine groups is 1. The van der Waals surface area contributed by atoms with Gasteiger partial charge in [-0.05, 0) is 48.5 Å². The number of rotatable bonds is 5. The molecule has 6 nitrogen and oxygen atoms in total. The standard InChI is InChI=1S/C21H20N4O2S/c1-27-19-14-12-16(13-15-19)20(22-17-8-4-2-5-9-17)23-24-21(26)28-25-18-10-6-3-7-11-18/h2-15,25H,1H3,(H,22,23)(H,24,26). The lowest BCUT2D eigenvalue weighted by Gasteiger charge is -2.12. The number of nitrogens with zero attached hydrogens (tertiary/aromatic N) is 1. The molecule has 0 aliphatic carbocycles. The molecular formula is C21H20N4O2S. The zero-order chi connectivity index (χ0) is 19.6. The van der Waals surface area contributed by atoms with Gasteiger partial charge in [0.05, 0.1) is 12.8 Å². The SMILES string of the molecule is COc1ccc(C(=Nc2ccccc2)NNC(=O)SNc2ccccc2)cc1. The van der Waals surface area contributed by atoms with Crippen LogP contribution < -0.4 is 20.3 Å². The summed E-state index contributed by atoms with van der Waals surface area (Å²) in [7, 11) is 1.61. The number of ether oxygens (including phenoxy) is 1. The lowest BCUT2D eigenvalue weighted by molar-refractivity contribution is 0.259. The average molecular weight is 392 g/mol. The van der Waals surface area contributed by atoms with Gasteiger partial charge in [0.2, 0.25) is 0 Å². The summed E-state index contributed by atoms with van der Waals surface area (Å²) in [4.78, 5) is 16.8. The van der Waals surface area contributed by atoms with Crippen LogP contribution in [0, 0.1) is 0 Å². The zero-order valence-corrected chi connectivity index (χ0v) is 16.1. The molecule has 0 radical (unpaired) electrons. The molecule has 0 fully saturated rings. The van der Waals surface area contributed by atoms with Gasteiger partial charge in [-0.1, -0.05) is 36.4 Å². The predicted molar refractivity (Wildman–Crippen MR) is 115 cm³/mol. The molecule has 0 saturated heterocycles. The second-order valence-corrected chi connectivity index (χ2v) is 6.41. The van der Waals surface area contributed by atoms with Crippen molar-refractivity contribution in [3.63, 3.8) is 0 Å². The van der Waals surface area contributed by atoms with E-state index in [0.717, 1.165) is 34.6 Å². The number of amides is 1. The van der Waals surface area contributed by atoms with E-state index in [1.807, 2.05) is 84.9 Å². The van der Waals surface area contributed by atoms with E-state index in [1.54, 1.807) is 7.11 Å². The van der Waals surface area contributed by atoms with Gasteiger partial charge in [-0.25, -0.2) is 4.99 Å². The normalized spacial score (nSPS) is 10.8. The maximum Gasteiger partial charge on any atom is 0.317 e. The summed E-state index contributed by atoms with van der Waals surface area (Å²) in [5, 5.41) is -0.293. The van der Waals surface area contributed by atoms with Gasteiger partial charge in [-0.15, -0.1) is 0 Å². The number of amidine groups is 1. The van der Waals surface area contributed by atoms with Crippen LogP contribution >= 0.6 is 11.9 Å². The van der Waals surface area contributed by atoms with Gasteiger partial charge in [0.25, 0.3) is 0 Å². The van der Waals surface area contributed by atoms with Crippen LogP contribution in [0.1, 0.15) is 5.56 Å². The highest BCUT2D eigenvalue weighted by Gasteiger charge is 2.08. The van der Waals surface area contributed by atoms with Crippen molar-refractivity contribution in [3.8, 4) is 5.75 Å². The van der Waals surface area contributed by atoms with Crippen LogP contribution in [0.5, 0.6) is 5.75 Å². The summed E-state index contributed by atoms with van der Waals surface area (Å²) in [5.74, 6) is 1.26. The summed E-state index contributed by atoms with van der Waals surface area (Å²) in [6, 6.07) is 26.4. The second kappa shape index (κ2) is 10.0. The lowest BCUT2D eigenvalue weighted by Crippen LogP contribution is -2.40. The molecule has 0 saturated carbocycles. The fraction of sp³-hybridized carbons (Fsp3) is 0.0476. The van der Waals surface area contributed by atoms with Crippen molar-refractivity contribution in [3.05, 3.63) is 90.5 Å². The highest BCUT2D eigenvalue weighted by Crippen LogP contribution is 2.16. The summed E-state index contributed by atoms with van der Waals surface area (Å²) >= 11 is 0.942. The number of methoxy groups -OCH3 is 1. The van der Waals surface area contributed by atoms with Crippen LogP contribution in [0.15, 0.2) is 89.9 Å². The zero-order valence-electron chi connectivity index (χ0n) is 15.3. The highest BCUT2D eigenvalue weighted by atomic mass is 32.2. The van der Waals surface area contributed by atoms with Gasteiger partial charge in [0.1, 0.15) is 5.75 Å². The Hall–Kier alpha value is -3.45. The fourth-order valence-electron chi connectivity index (χ4n) is 2.29. The second-order valence-electron chi connectivity index (χ2n) is 5.63. The Labute approximate surface area is 168 Å². The van der Waals surface area contributed by atoms with Crippen molar-refractivity contribution in [1.29, 1.82) is 0 Å². The van der Waals surface area contributed by atoms with Crippen LogP contribution in [0.2, 0.25) is 0 Å². The highest BCUT2D eigenvalue weighted by molar-refractivity contribution is 8.14. The van der Waals surface area contributed by atoms with Gasteiger partial charge < -0.3 is 9.46 Å². The Morgan fingerprint density at radius 2 is 1.50 bits per heavy atom. The summed E-state index contributed by atoms with van der Waals surface area (Å²) in [5.41, 5.74) is 7.98. The molecule has 142 valence electrons. The van der Waals surface area contributed by atoms with Crippen molar-refractivity contribution in [2.45, 2.75) is 0 Å². The maximum atomic E-state index is 12.2. The molecule has 0 spiro atoms. The number of carbonyl (C=O) groups excluding carboxylic acids is 1. The third-order valence-electron chi connectivity index (χ3n) is 3.68. The number of nitrogens with one attached hydrogen (secondary N) is 3. The first-order valence-electron chi connectivity index (χ1n) is 8.56. The van der Waals surface area contributed by atoms with Crippen LogP contribution in [-0.4, -0.2) is 18.2 Å². The molecule has 7 heteroatoms. The average Bonchev–Trinajstić information content (AvgIpc) is 2.76. The molecule has 0 heterocycles. The molecule has 3 N–H and O–H groups in total. The number of aliphatic imine (C=N–C) groups is 1. The van der Waals surface area contributed by atoms with Crippen LogP contribution in [-0.2, 0) is 0 Å². The topological polar surface area (TPSA) is 74.8 Å². The summed E-state index contributed by atoms with van der Waals surface area (Å²) in [6.45, 7) is 0. The molecule has 1 amide bonds. The van der Waals surface area contributed by atoms with E-state index in [-0.39, 0.29) is 5.24 Å². The molecule has 0 unspecified atom stereocenters. The quantitative estimate of drug-likeness (QED) is 0.253. The van der Waals surface area contributed by atoms with Crippen LogP contribution in [0.25, 0.3) is 0 Å². The van der Waals surface area contributed by atoms with E-state index in [1.165, 1.54) is 0 Å². The van der Waals surface area contributed by atoms with E-state index < -0.39 is 0 Å². The van der Waals surface area contributed by atoms with Crippen molar-refractivity contribution in [1.82, 2.24) is 10.9 Å². The molecule has 3 rings (SSSR count). The van der Waals surface area contributed by atoms with E-state index in [4.69, 9.17) is 4.74 Å². The largest absolute Gasteiger partial charge is 0.497 e. The van der Waals surface area contributed by atoms with Gasteiger partial charge in [0.15, 0.2) is 5.84 Å². The number of hydrogen-bond donors (Lipinski definition) is 3. The Balaban J connectivity index is 1.68. The molecule has 0 atom stereocenters. The molecular weight excluding hydrogens is 372 g/mol. The van der Waals surface area contributed by atoms with Crippen molar-refractivity contribution in [2.24, 2.45) is 4.99 Å². The van der Waals surface area contributed by atoms with Gasteiger partial charge in [0, 0.05) is 23.2 Å². The number of carbonyl (C=O) groups is 1. The minimum Gasteiger partial charge on any atom is -0.497 e. The number of benzene rings is 3. The molecule has 0 aliphatic rings. The third kappa shape index (κ3) is 5.78. The third-order valence-corrected chi connectivity index (χ3v) is 4.30. The maximum absolute atomic E-state index is 12.2. The predicted octanol–water partition coefficient (Wildman–Crippen LogP) is 4.75.